The number of ketones is 2. The molecule has 0 radical (unpaired) electrons. The lowest BCUT2D eigenvalue weighted by molar-refractivity contribution is -0.385. The number of rotatable bonds is 14. The number of carbonyl (C=O) groups is 2. The second-order valence-electron chi connectivity index (χ2n) is 13.3. The second-order valence-corrected chi connectivity index (χ2v) is 19.1. The Bertz CT molecular complexity index is 2830. The average molecular weight is 995 g/mol. The summed E-state index contributed by atoms with van der Waals surface area (Å²) in [5, 5.41) is 22.1. The lowest BCUT2D eigenvalue weighted by atomic mass is 10.0. The quantitative estimate of drug-likeness (QED) is 0.0451. The number of carbonyl (C=O) groups excluding carboxylic acids is 2. The topological polar surface area (TPSA) is 227 Å². The number of anilines is 2. The summed E-state index contributed by atoms with van der Waals surface area (Å²) >= 11 is 22.8. The molecule has 14 nitrogen and oxygen atoms in total. The first kappa shape index (κ1) is 50.1. The molecule has 6 aromatic carbocycles. The van der Waals surface area contributed by atoms with Gasteiger partial charge in [-0.05, 0) is 82.9 Å². The first-order chi connectivity index (χ1) is 29.6. The van der Waals surface area contributed by atoms with E-state index in [4.69, 9.17) is 62.8 Å². The van der Waals surface area contributed by atoms with Gasteiger partial charge in [-0.25, -0.2) is 16.8 Å². The summed E-state index contributed by atoms with van der Waals surface area (Å²) in [6.45, 7) is 0. The lowest BCUT2D eigenvalue weighted by Crippen LogP contribution is -2.13. The number of nitrogens with zero attached hydrogens (tertiary/aromatic N) is 2. The molecule has 0 aliphatic rings. The summed E-state index contributed by atoms with van der Waals surface area (Å²) in [6, 6.07) is 33.3. The Balaban J connectivity index is 0.000000232. The van der Waals surface area contributed by atoms with Crippen molar-refractivity contribution in [2.24, 2.45) is 0 Å². The summed E-state index contributed by atoms with van der Waals surface area (Å²) in [6.07, 6.45) is 0.889. The standard InChI is InChI=1S/C21H16Cl2N2O5S.C15H14N2O3.C6H3Cl3O2S/c22-20-10-9-19(13-21(20)23)31(29,30)24-16-5-1-14(2-6-16)11-18(26)12-15-3-7-17(8-4-15)25(27)28;16-13-5-1-11(2-6-13)9-15(18)10-12-3-7-14(8-4-12)17(19)20;7-5-2-1-4(3-6(5)8)12(9,10)11/h1-10,13,24H,11-12H2;1-8H,9-10,16H2;1-3H. The van der Waals surface area contributed by atoms with Crippen LogP contribution in [-0.2, 0) is 54.3 Å². The highest BCUT2D eigenvalue weighted by Crippen LogP contribution is 2.27. The number of benzene rings is 6. The van der Waals surface area contributed by atoms with Gasteiger partial charge < -0.3 is 5.73 Å². The highest BCUT2D eigenvalue weighted by atomic mass is 35.7. The van der Waals surface area contributed by atoms with Crippen LogP contribution < -0.4 is 10.5 Å². The third-order valence-corrected chi connectivity index (χ3v) is 12.7. The van der Waals surface area contributed by atoms with Crippen molar-refractivity contribution in [3.05, 3.63) is 196 Å². The van der Waals surface area contributed by atoms with Gasteiger partial charge in [-0.15, -0.1) is 0 Å². The van der Waals surface area contributed by atoms with E-state index in [2.05, 4.69) is 4.72 Å². The van der Waals surface area contributed by atoms with E-state index < -0.39 is 28.9 Å². The maximum absolute atomic E-state index is 12.5. The van der Waals surface area contributed by atoms with Gasteiger partial charge in [-0.1, -0.05) is 94.9 Å². The van der Waals surface area contributed by atoms with Gasteiger partial charge in [0.05, 0.1) is 39.7 Å². The number of Topliss-reactive ketones (excluding diaryl/α,β-unsaturated/α-hetero) is 2. The van der Waals surface area contributed by atoms with Crippen LogP contribution in [0.15, 0.2) is 143 Å². The van der Waals surface area contributed by atoms with Crippen LogP contribution in [-0.4, -0.2) is 38.2 Å². The summed E-state index contributed by atoms with van der Waals surface area (Å²) < 4.78 is 48.9. The normalized spacial score (nSPS) is 10.9. The van der Waals surface area contributed by atoms with E-state index in [9.17, 15) is 46.7 Å². The number of sulfonamides is 1. The molecule has 21 heteroatoms. The third kappa shape index (κ3) is 16.2. The van der Waals surface area contributed by atoms with Crippen molar-refractivity contribution in [1.82, 2.24) is 0 Å². The molecule has 0 saturated heterocycles. The van der Waals surface area contributed by atoms with E-state index in [1.165, 1.54) is 60.7 Å². The fourth-order valence-electron chi connectivity index (χ4n) is 5.32. The molecule has 0 saturated carbocycles. The van der Waals surface area contributed by atoms with E-state index in [1.807, 2.05) is 12.1 Å². The monoisotopic (exact) mass is 992 g/mol. The number of halogens is 5. The minimum absolute atomic E-state index is 0.0238. The SMILES string of the molecule is Nc1ccc(CC(=O)Cc2ccc([N+](=O)[O-])cc2)cc1.O=C(Cc1ccc(NS(=O)(=O)c2ccc(Cl)c(Cl)c2)cc1)Cc1ccc([N+](=O)[O-])cc1.O=S(=O)(Cl)c1ccc(Cl)c(Cl)c1. The number of hydrogen-bond acceptors (Lipinski definition) is 11. The number of non-ortho nitro benzene ring substituents is 2. The van der Waals surface area contributed by atoms with Crippen molar-refractivity contribution >= 4 is 110 Å². The van der Waals surface area contributed by atoms with Gasteiger partial charge in [-0.3, -0.25) is 34.5 Å². The Kier molecular flexibility index (Phi) is 18.0. The molecule has 0 amide bonds. The minimum Gasteiger partial charge on any atom is -0.399 e. The number of nitro groups is 2. The van der Waals surface area contributed by atoms with Crippen LogP contribution >= 0.6 is 57.1 Å². The van der Waals surface area contributed by atoms with Crippen LogP contribution in [0.25, 0.3) is 0 Å². The van der Waals surface area contributed by atoms with Gasteiger partial charge in [0.2, 0.25) is 0 Å². The molecule has 3 N–H and O–H groups in total. The predicted octanol–water partition coefficient (Wildman–Crippen LogP) is 10.5. The molecule has 63 heavy (non-hydrogen) atoms. The Morgan fingerprint density at radius 1 is 0.508 bits per heavy atom. The first-order valence-electron chi connectivity index (χ1n) is 17.9. The zero-order valence-corrected chi connectivity index (χ0v) is 37.7. The Hall–Kier alpha value is -5.59. The largest absolute Gasteiger partial charge is 0.399 e. The smallest absolute Gasteiger partial charge is 0.269 e. The van der Waals surface area contributed by atoms with Gasteiger partial charge in [0.25, 0.3) is 30.4 Å². The Labute approximate surface area is 386 Å². The molecule has 6 rings (SSSR count). The zero-order valence-electron chi connectivity index (χ0n) is 32.3. The van der Waals surface area contributed by atoms with Crippen molar-refractivity contribution < 1.29 is 36.3 Å². The molecule has 0 atom stereocenters. The molecule has 0 spiro atoms. The third-order valence-electron chi connectivity index (χ3n) is 8.46. The maximum Gasteiger partial charge on any atom is 0.269 e. The molecule has 0 unspecified atom stereocenters. The highest BCUT2D eigenvalue weighted by Gasteiger charge is 2.17. The Morgan fingerprint density at radius 3 is 1.19 bits per heavy atom. The molecule has 0 aliphatic heterocycles. The molecule has 0 bridgehead atoms. The van der Waals surface area contributed by atoms with Crippen LogP contribution in [0.1, 0.15) is 22.3 Å². The van der Waals surface area contributed by atoms with Gasteiger partial charge in [0.1, 0.15) is 11.6 Å². The number of nitrogens with one attached hydrogen (secondary N) is 1. The van der Waals surface area contributed by atoms with E-state index in [0.29, 0.717) is 33.9 Å². The molecule has 6 aromatic rings. The van der Waals surface area contributed by atoms with Crippen molar-refractivity contribution in [3.8, 4) is 0 Å². The number of nitrogens with two attached hydrogens (primary N) is 1. The molecular formula is C42H33Cl5N4O10S2. The minimum atomic E-state index is -3.85. The highest BCUT2D eigenvalue weighted by molar-refractivity contribution is 8.13. The van der Waals surface area contributed by atoms with Gasteiger partial charge in [0.15, 0.2) is 0 Å². The molecular weight excluding hydrogens is 962 g/mol. The van der Waals surface area contributed by atoms with Crippen molar-refractivity contribution in [1.29, 1.82) is 0 Å². The van der Waals surface area contributed by atoms with E-state index in [0.717, 1.165) is 11.1 Å². The van der Waals surface area contributed by atoms with Crippen LogP contribution in [0.3, 0.4) is 0 Å². The van der Waals surface area contributed by atoms with Crippen LogP contribution in [0.4, 0.5) is 22.7 Å². The average Bonchev–Trinajstić information content (AvgIpc) is 3.22. The zero-order chi connectivity index (χ0) is 46.5. The molecule has 0 fully saturated rings. The Morgan fingerprint density at radius 2 is 0.841 bits per heavy atom. The molecule has 0 heterocycles. The maximum atomic E-state index is 12.5. The van der Waals surface area contributed by atoms with Gasteiger partial charge in [0, 0.05) is 72.0 Å². The number of hydrogen-bond donors (Lipinski definition) is 2. The summed E-state index contributed by atoms with van der Waals surface area (Å²) in [5.74, 6) is -0.0124. The lowest BCUT2D eigenvalue weighted by Gasteiger charge is -2.10. The van der Waals surface area contributed by atoms with Crippen molar-refractivity contribution in [2.75, 3.05) is 10.5 Å². The van der Waals surface area contributed by atoms with Crippen molar-refractivity contribution in [3.63, 3.8) is 0 Å². The fourth-order valence-corrected chi connectivity index (χ4v) is 7.91. The molecule has 0 aromatic heterocycles. The van der Waals surface area contributed by atoms with Crippen LogP contribution in [0.5, 0.6) is 0 Å². The van der Waals surface area contributed by atoms with Crippen LogP contribution in [0.2, 0.25) is 20.1 Å². The van der Waals surface area contributed by atoms with E-state index >= 15 is 0 Å². The van der Waals surface area contributed by atoms with Gasteiger partial charge in [-0.2, -0.15) is 0 Å². The number of nitro benzene ring substituents is 2. The van der Waals surface area contributed by atoms with E-state index in [1.54, 1.807) is 60.7 Å². The van der Waals surface area contributed by atoms with Crippen LogP contribution in [0, 0.1) is 20.2 Å². The summed E-state index contributed by atoms with van der Waals surface area (Å²) in [5.41, 5.74) is 9.65. The summed E-state index contributed by atoms with van der Waals surface area (Å²) in [7, 11) is -2.51. The predicted molar refractivity (Wildman–Crippen MR) is 245 cm³/mol. The fraction of sp³-hybridized carbons (Fsp3) is 0.0952. The summed E-state index contributed by atoms with van der Waals surface area (Å²) in [4.78, 5) is 44.4. The molecule has 328 valence electrons. The van der Waals surface area contributed by atoms with E-state index in [-0.39, 0.29) is 67.1 Å². The van der Waals surface area contributed by atoms with Crippen molar-refractivity contribution in [2.45, 2.75) is 35.5 Å². The van der Waals surface area contributed by atoms with Gasteiger partial charge >= 0.3 is 0 Å². The first-order valence-corrected chi connectivity index (χ1v) is 23.2. The number of nitrogen functional groups attached to an aromatic ring is 1. The molecule has 0 aliphatic carbocycles. The second kappa shape index (κ2) is 22.7.